The summed E-state index contributed by atoms with van der Waals surface area (Å²) in [5.41, 5.74) is 2.67. The van der Waals surface area contributed by atoms with Gasteiger partial charge in [0.25, 0.3) is 5.56 Å². The van der Waals surface area contributed by atoms with Crippen LogP contribution in [0.2, 0.25) is 5.02 Å². The molecule has 5 aromatic rings. The Morgan fingerprint density at radius 2 is 1.68 bits per heavy atom. The molecule has 182 valence electrons. The van der Waals surface area contributed by atoms with Crippen molar-refractivity contribution < 1.29 is 82.4 Å². The van der Waals surface area contributed by atoms with Gasteiger partial charge in [-0.2, -0.15) is 0 Å². The predicted octanol–water partition coefficient (Wildman–Crippen LogP) is -2.04. The average Bonchev–Trinajstić information content (AvgIpc) is 3.19. The van der Waals surface area contributed by atoms with Gasteiger partial charge in [-0.1, -0.05) is 54.1 Å². The Hall–Kier alpha value is -1.75. The molecular weight excluding hydrogens is 554 g/mol. The third-order valence-corrected chi connectivity index (χ3v) is 6.21. The Kier molecular flexibility index (Phi) is 10.2. The van der Waals surface area contributed by atoms with E-state index in [0.717, 1.165) is 29.3 Å². The molecule has 38 heavy (non-hydrogen) atoms. The number of hydrogen-bond acceptors (Lipinski definition) is 6. The molecule has 2 heterocycles. The number of rotatable bonds is 6. The molecule has 0 aliphatic heterocycles. The molecule has 8 nitrogen and oxygen atoms in total. The SMILES string of the molecule is O=c1c(-c2ccc(F)cc2OP(=O)([O-])[O-])cnc2c(-c3ccc(Cl)cc3)c(Cc3ccccc3)[nH]n12.[Na+].[Na+]. The van der Waals surface area contributed by atoms with E-state index in [2.05, 4.69) is 14.6 Å². The summed E-state index contributed by atoms with van der Waals surface area (Å²) in [7, 11) is -5.52. The van der Waals surface area contributed by atoms with E-state index in [-0.39, 0.29) is 70.2 Å². The number of H-pyrrole nitrogens is 1. The third kappa shape index (κ3) is 6.69. The molecule has 2 aromatic heterocycles. The fourth-order valence-electron chi connectivity index (χ4n) is 4.01. The zero-order chi connectivity index (χ0) is 25.4. The van der Waals surface area contributed by atoms with Gasteiger partial charge in [0, 0.05) is 40.5 Å². The molecular formula is C25H16ClFN3Na2O5P. The van der Waals surface area contributed by atoms with Gasteiger partial charge in [0.05, 0.1) is 5.56 Å². The van der Waals surface area contributed by atoms with Gasteiger partial charge in [-0.15, -0.1) is 0 Å². The summed E-state index contributed by atoms with van der Waals surface area (Å²) in [6.45, 7) is 0. The van der Waals surface area contributed by atoms with Crippen molar-refractivity contribution in [1.29, 1.82) is 0 Å². The van der Waals surface area contributed by atoms with Crippen molar-refractivity contribution >= 4 is 25.1 Å². The predicted molar refractivity (Wildman–Crippen MR) is 129 cm³/mol. The van der Waals surface area contributed by atoms with Gasteiger partial charge >= 0.3 is 59.1 Å². The quantitative estimate of drug-likeness (QED) is 0.186. The molecule has 5 rings (SSSR count). The molecule has 0 aliphatic carbocycles. The Balaban J connectivity index is 0.00000200. The number of phosphoric ester groups is 1. The summed E-state index contributed by atoms with van der Waals surface area (Å²) in [4.78, 5) is 40.4. The van der Waals surface area contributed by atoms with Crippen LogP contribution in [-0.4, -0.2) is 14.6 Å². The van der Waals surface area contributed by atoms with E-state index in [1.165, 1.54) is 10.7 Å². The molecule has 0 bridgehead atoms. The second-order valence-corrected chi connectivity index (χ2v) is 9.46. The molecule has 0 atom stereocenters. The van der Waals surface area contributed by atoms with Crippen LogP contribution in [-0.2, 0) is 11.0 Å². The standard InChI is InChI=1S/C25H18ClFN3O5P.2Na/c26-17-8-6-16(7-9-17)23-21(12-15-4-2-1-3-5-15)29-30-24(23)28-14-20(25(30)31)19-11-10-18(27)13-22(19)35-36(32,33)34;;/h1-11,13-14,29H,12H2,(H2,32,33,34);;/q;2*+1/p-2. The van der Waals surface area contributed by atoms with Gasteiger partial charge in [-0.05, 0) is 35.4 Å². The summed E-state index contributed by atoms with van der Waals surface area (Å²) < 4.78 is 30.6. The minimum absolute atomic E-state index is 0. The van der Waals surface area contributed by atoms with Crippen LogP contribution < -0.4 is 79.0 Å². The van der Waals surface area contributed by atoms with Crippen molar-refractivity contribution in [3.05, 3.63) is 111 Å². The minimum atomic E-state index is -5.52. The summed E-state index contributed by atoms with van der Waals surface area (Å²) in [6.07, 6.45) is 1.69. The van der Waals surface area contributed by atoms with E-state index in [1.807, 2.05) is 42.5 Å². The maximum atomic E-state index is 13.8. The molecule has 0 saturated heterocycles. The van der Waals surface area contributed by atoms with Gasteiger partial charge in [0.1, 0.15) is 19.4 Å². The van der Waals surface area contributed by atoms with Crippen molar-refractivity contribution in [2.75, 3.05) is 0 Å². The Bertz CT molecular complexity index is 1690. The van der Waals surface area contributed by atoms with Crippen LogP contribution in [0.25, 0.3) is 27.9 Å². The van der Waals surface area contributed by atoms with Gasteiger partial charge < -0.3 is 18.9 Å². The molecule has 0 spiro atoms. The molecule has 0 aliphatic rings. The fraction of sp³-hybridized carbons (Fsp3) is 0.0400. The molecule has 1 N–H and O–H groups in total. The average molecular weight is 570 g/mol. The van der Waals surface area contributed by atoms with E-state index in [1.54, 1.807) is 12.1 Å². The van der Waals surface area contributed by atoms with Gasteiger partial charge in [0.2, 0.25) is 0 Å². The summed E-state index contributed by atoms with van der Waals surface area (Å²) in [5.74, 6) is -1.44. The number of nitrogens with one attached hydrogen (secondary N) is 1. The topological polar surface area (TPSA) is 123 Å². The number of aromatic amines is 1. The van der Waals surface area contributed by atoms with E-state index >= 15 is 0 Å². The zero-order valence-electron chi connectivity index (χ0n) is 20.4. The van der Waals surface area contributed by atoms with Crippen molar-refractivity contribution in [3.8, 4) is 28.0 Å². The van der Waals surface area contributed by atoms with E-state index < -0.39 is 24.9 Å². The smallest absolute Gasteiger partial charge is 0.780 e. The zero-order valence-corrected chi connectivity index (χ0v) is 26.0. The summed E-state index contributed by atoms with van der Waals surface area (Å²) in [6, 6.07) is 19.6. The molecule has 0 saturated carbocycles. The van der Waals surface area contributed by atoms with Gasteiger partial charge in [-0.25, -0.2) is 13.9 Å². The maximum absolute atomic E-state index is 13.8. The molecule has 0 radical (unpaired) electrons. The van der Waals surface area contributed by atoms with Crippen LogP contribution in [0.1, 0.15) is 11.3 Å². The van der Waals surface area contributed by atoms with Crippen molar-refractivity contribution in [2.45, 2.75) is 6.42 Å². The number of phosphoric acid groups is 1. The van der Waals surface area contributed by atoms with Gasteiger partial charge in [0.15, 0.2) is 5.65 Å². The number of benzene rings is 3. The molecule has 0 amide bonds. The molecule has 0 unspecified atom stereocenters. The number of aromatic nitrogens is 3. The summed E-state index contributed by atoms with van der Waals surface area (Å²) in [5, 5.41) is 3.65. The first kappa shape index (κ1) is 30.8. The first-order chi connectivity index (χ1) is 17.2. The number of fused-ring (bicyclic) bond motifs is 1. The van der Waals surface area contributed by atoms with Gasteiger partial charge in [-0.3, -0.25) is 9.89 Å². The maximum Gasteiger partial charge on any atom is 1.00 e. The van der Waals surface area contributed by atoms with E-state index in [4.69, 9.17) is 11.6 Å². The largest absolute Gasteiger partial charge is 1.00 e. The second kappa shape index (κ2) is 12.6. The first-order valence-electron chi connectivity index (χ1n) is 10.6. The third-order valence-electron chi connectivity index (χ3n) is 5.53. The van der Waals surface area contributed by atoms with Crippen molar-refractivity contribution in [3.63, 3.8) is 0 Å². The van der Waals surface area contributed by atoms with E-state index in [0.29, 0.717) is 28.3 Å². The summed E-state index contributed by atoms with van der Waals surface area (Å²) >= 11 is 6.06. The number of hydrogen-bond donors (Lipinski definition) is 1. The first-order valence-corrected chi connectivity index (χ1v) is 12.5. The van der Waals surface area contributed by atoms with Crippen LogP contribution in [0.15, 0.2) is 83.8 Å². The fourth-order valence-corrected chi connectivity index (χ4v) is 4.53. The van der Waals surface area contributed by atoms with Crippen LogP contribution in [0.3, 0.4) is 0 Å². The minimum Gasteiger partial charge on any atom is -0.780 e. The van der Waals surface area contributed by atoms with Crippen molar-refractivity contribution in [1.82, 2.24) is 14.6 Å². The molecule has 0 fully saturated rings. The second-order valence-electron chi connectivity index (χ2n) is 7.95. The molecule has 13 heteroatoms. The van der Waals surface area contributed by atoms with Crippen LogP contribution in [0.4, 0.5) is 4.39 Å². The number of nitrogens with zero attached hydrogens (tertiary/aromatic N) is 2. The van der Waals surface area contributed by atoms with Crippen LogP contribution in [0, 0.1) is 5.82 Å². The monoisotopic (exact) mass is 569 g/mol. The Labute approximate surface area is 265 Å². The normalized spacial score (nSPS) is 11.1. The Morgan fingerprint density at radius 3 is 2.34 bits per heavy atom. The van der Waals surface area contributed by atoms with Crippen LogP contribution in [0.5, 0.6) is 5.75 Å². The number of halogens is 2. The van der Waals surface area contributed by atoms with E-state index in [9.17, 15) is 23.5 Å². The van der Waals surface area contributed by atoms with Crippen LogP contribution >= 0.6 is 19.4 Å². The van der Waals surface area contributed by atoms with Crippen molar-refractivity contribution in [2.24, 2.45) is 0 Å². The molecule has 3 aromatic carbocycles. The Morgan fingerprint density at radius 1 is 1.00 bits per heavy atom.